The highest BCUT2D eigenvalue weighted by atomic mass is 32.1. The molecule has 0 fully saturated rings. The van der Waals surface area contributed by atoms with E-state index in [0.29, 0.717) is 24.9 Å². The molecule has 2 aromatic heterocycles. The third kappa shape index (κ3) is 3.76. The zero-order valence-corrected chi connectivity index (χ0v) is 18.0. The third-order valence-corrected chi connectivity index (χ3v) is 7.35. The number of nitrogens with zero attached hydrogens (tertiary/aromatic N) is 2. The van der Waals surface area contributed by atoms with Crippen LogP contribution < -0.4 is 11.2 Å². The zero-order valence-electron chi connectivity index (χ0n) is 17.1. The monoisotopic (exact) mass is 434 g/mol. The summed E-state index contributed by atoms with van der Waals surface area (Å²) in [5.41, 5.74) is 2.58. The number of aryl methyl sites for hydroxylation is 3. The maximum atomic E-state index is 13.5. The Kier molecular flexibility index (Phi) is 5.32. The highest BCUT2D eigenvalue weighted by molar-refractivity contribution is 7.18. The molecule has 1 aliphatic rings. The van der Waals surface area contributed by atoms with E-state index in [1.807, 2.05) is 30.3 Å². The molecule has 0 N–H and O–H groups in total. The van der Waals surface area contributed by atoms with Crippen LogP contribution >= 0.6 is 11.3 Å². The number of thiophene rings is 1. The second-order valence-electron chi connectivity index (χ2n) is 8.08. The highest BCUT2D eigenvalue weighted by Gasteiger charge is 2.23. The topological polar surface area (TPSA) is 44.0 Å². The molecule has 4 nitrogen and oxygen atoms in total. The summed E-state index contributed by atoms with van der Waals surface area (Å²) in [5, 5.41) is 0.703. The molecule has 31 heavy (non-hydrogen) atoms. The minimum atomic E-state index is -0.305. The van der Waals surface area contributed by atoms with Crippen LogP contribution in [0, 0.1) is 5.82 Å². The Morgan fingerprint density at radius 2 is 1.61 bits per heavy atom. The van der Waals surface area contributed by atoms with E-state index >= 15 is 0 Å². The first kappa shape index (κ1) is 19.9. The van der Waals surface area contributed by atoms with Crippen LogP contribution in [0.15, 0.2) is 64.2 Å². The van der Waals surface area contributed by atoms with Gasteiger partial charge in [0.25, 0.3) is 5.56 Å². The molecule has 1 aliphatic carbocycles. The lowest BCUT2D eigenvalue weighted by Gasteiger charge is -2.13. The normalized spacial score (nSPS) is 13.5. The fourth-order valence-corrected chi connectivity index (χ4v) is 5.78. The van der Waals surface area contributed by atoms with Gasteiger partial charge in [-0.1, -0.05) is 42.5 Å². The summed E-state index contributed by atoms with van der Waals surface area (Å²) in [7, 11) is 0. The standard InChI is InChI=1S/C25H23FN2O2S/c26-19-12-10-18(11-13-19)16-28-24-22(20-8-4-5-9-21(20)31-24)23(29)27(25(28)30)15-14-17-6-2-1-3-7-17/h1-3,6-7,10-13H,4-5,8-9,14-16H2. The van der Waals surface area contributed by atoms with Crippen molar-refractivity contribution in [2.75, 3.05) is 0 Å². The first-order valence-electron chi connectivity index (χ1n) is 10.7. The van der Waals surface area contributed by atoms with E-state index in [9.17, 15) is 14.0 Å². The molecule has 5 rings (SSSR count). The third-order valence-electron chi connectivity index (χ3n) is 6.04. The lowest BCUT2D eigenvalue weighted by atomic mass is 9.97. The van der Waals surface area contributed by atoms with Crippen LogP contribution in [0.2, 0.25) is 0 Å². The molecular weight excluding hydrogens is 411 g/mol. The van der Waals surface area contributed by atoms with Crippen LogP contribution in [0.4, 0.5) is 4.39 Å². The van der Waals surface area contributed by atoms with Crippen molar-refractivity contribution in [3.05, 3.63) is 103 Å². The molecule has 2 heterocycles. The van der Waals surface area contributed by atoms with Gasteiger partial charge in [-0.25, -0.2) is 9.18 Å². The van der Waals surface area contributed by atoms with Crippen molar-refractivity contribution in [1.29, 1.82) is 0 Å². The number of benzene rings is 2. The average molecular weight is 435 g/mol. The van der Waals surface area contributed by atoms with Gasteiger partial charge in [0, 0.05) is 11.4 Å². The van der Waals surface area contributed by atoms with Gasteiger partial charge in [0.05, 0.1) is 11.9 Å². The average Bonchev–Trinajstić information content (AvgIpc) is 3.18. The summed E-state index contributed by atoms with van der Waals surface area (Å²) in [6.07, 6.45) is 4.65. The van der Waals surface area contributed by atoms with Gasteiger partial charge in [0.1, 0.15) is 10.6 Å². The number of rotatable bonds is 5. The number of fused-ring (bicyclic) bond motifs is 3. The molecule has 2 aromatic carbocycles. The molecule has 0 aliphatic heterocycles. The summed E-state index contributed by atoms with van der Waals surface area (Å²) in [5.74, 6) is -0.305. The Morgan fingerprint density at radius 1 is 0.871 bits per heavy atom. The van der Waals surface area contributed by atoms with Gasteiger partial charge >= 0.3 is 5.69 Å². The molecule has 0 unspecified atom stereocenters. The van der Waals surface area contributed by atoms with E-state index in [-0.39, 0.29) is 17.1 Å². The zero-order chi connectivity index (χ0) is 21.4. The summed E-state index contributed by atoms with van der Waals surface area (Å²) >= 11 is 1.58. The Hall–Kier alpha value is -2.99. The van der Waals surface area contributed by atoms with Gasteiger partial charge in [-0.3, -0.25) is 13.9 Å². The largest absolute Gasteiger partial charge is 0.332 e. The number of hydrogen-bond donors (Lipinski definition) is 0. The molecule has 0 amide bonds. The van der Waals surface area contributed by atoms with Gasteiger partial charge in [0.15, 0.2) is 0 Å². The van der Waals surface area contributed by atoms with Crippen molar-refractivity contribution in [3.63, 3.8) is 0 Å². The van der Waals surface area contributed by atoms with Crippen LogP contribution in [0.3, 0.4) is 0 Å². The maximum absolute atomic E-state index is 13.5. The van der Waals surface area contributed by atoms with Crippen LogP contribution in [-0.4, -0.2) is 9.13 Å². The smallest absolute Gasteiger partial charge is 0.280 e. The predicted octanol–water partition coefficient (Wildman–Crippen LogP) is 4.53. The Morgan fingerprint density at radius 3 is 2.39 bits per heavy atom. The molecule has 0 saturated carbocycles. The van der Waals surface area contributed by atoms with E-state index in [0.717, 1.165) is 47.2 Å². The minimum absolute atomic E-state index is 0.175. The van der Waals surface area contributed by atoms with E-state index in [1.54, 1.807) is 28.0 Å². The van der Waals surface area contributed by atoms with E-state index in [2.05, 4.69) is 0 Å². The Labute approximate surface area is 183 Å². The second kappa shape index (κ2) is 8.27. The summed E-state index contributed by atoms with van der Waals surface area (Å²) in [6.45, 7) is 0.659. The number of hydrogen-bond acceptors (Lipinski definition) is 3. The van der Waals surface area contributed by atoms with Crippen molar-refractivity contribution < 1.29 is 4.39 Å². The van der Waals surface area contributed by atoms with Crippen molar-refractivity contribution in [2.45, 2.75) is 45.2 Å². The highest BCUT2D eigenvalue weighted by Crippen LogP contribution is 2.34. The molecular formula is C25H23FN2O2S. The first-order chi connectivity index (χ1) is 15.1. The fourth-order valence-electron chi connectivity index (χ4n) is 4.41. The van der Waals surface area contributed by atoms with Gasteiger partial charge in [-0.15, -0.1) is 11.3 Å². The van der Waals surface area contributed by atoms with Gasteiger partial charge in [0.2, 0.25) is 0 Å². The van der Waals surface area contributed by atoms with Gasteiger partial charge in [-0.05, 0) is 60.9 Å². The minimum Gasteiger partial charge on any atom is -0.280 e. The maximum Gasteiger partial charge on any atom is 0.332 e. The predicted molar refractivity (Wildman–Crippen MR) is 123 cm³/mol. The first-order valence-corrected chi connectivity index (χ1v) is 11.5. The Bertz CT molecular complexity index is 1350. The molecule has 0 atom stereocenters. The van der Waals surface area contributed by atoms with Crippen LogP contribution in [-0.2, 0) is 32.4 Å². The van der Waals surface area contributed by atoms with E-state index in [1.165, 1.54) is 21.6 Å². The van der Waals surface area contributed by atoms with Crippen molar-refractivity contribution in [2.24, 2.45) is 0 Å². The SMILES string of the molecule is O=c1c2c3c(sc2n(Cc2ccc(F)cc2)c(=O)n1CCc1ccccc1)CCCC3. The molecule has 0 radical (unpaired) electrons. The second-order valence-corrected chi connectivity index (χ2v) is 9.16. The lowest BCUT2D eigenvalue weighted by molar-refractivity contribution is 0.589. The molecule has 0 saturated heterocycles. The van der Waals surface area contributed by atoms with E-state index < -0.39 is 0 Å². The summed E-state index contributed by atoms with van der Waals surface area (Å²) in [4.78, 5) is 28.9. The van der Waals surface area contributed by atoms with Crippen molar-refractivity contribution in [1.82, 2.24) is 9.13 Å². The molecule has 0 bridgehead atoms. The summed E-state index contributed by atoms with van der Waals surface area (Å²) < 4.78 is 16.5. The lowest BCUT2D eigenvalue weighted by Crippen LogP contribution is -2.40. The summed E-state index contributed by atoms with van der Waals surface area (Å²) in [6, 6.07) is 16.1. The van der Waals surface area contributed by atoms with Crippen molar-refractivity contribution >= 4 is 21.6 Å². The van der Waals surface area contributed by atoms with Gasteiger partial charge in [-0.2, -0.15) is 0 Å². The van der Waals surface area contributed by atoms with Crippen LogP contribution in [0.25, 0.3) is 10.2 Å². The van der Waals surface area contributed by atoms with E-state index in [4.69, 9.17) is 0 Å². The molecule has 4 aromatic rings. The molecule has 158 valence electrons. The Balaban J connectivity index is 1.66. The van der Waals surface area contributed by atoms with Crippen molar-refractivity contribution in [3.8, 4) is 0 Å². The fraction of sp³-hybridized carbons (Fsp3) is 0.280. The molecule has 6 heteroatoms. The van der Waals surface area contributed by atoms with Crippen LogP contribution in [0.1, 0.15) is 34.4 Å². The van der Waals surface area contributed by atoms with Gasteiger partial charge < -0.3 is 0 Å². The molecule has 0 spiro atoms. The number of aromatic nitrogens is 2. The van der Waals surface area contributed by atoms with Crippen LogP contribution in [0.5, 0.6) is 0 Å². The number of halogens is 1. The quantitative estimate of drug-likeness (QED) is 0.463.